The number of H-pyrrole nitrogens is 1. The average molecular weight is 218 g/mol. The number of tetrazole rings is 1. The number of hydrogen-bond acceptors (Lipinski definition) is 4. The minimum absolute atomic E-state index is 0.333. The highest BCUT2D eigenvalue weighted by Gasteiger charge is 2.05. The third kappa shape index (κ3) is 2.18. The lowest BCUT2D eigenvalue weighted by Crippen LogP contribution is -2.00. The lowest BCUT2D eigenvalue weighted by molar-refractivity contribution is 0.293. The van der Waals surface area contributed by atoms with E-state index in [4.69, 9.17) is 4.74 Å². The van der Waals surface area contributed by atoms with Crippen LogP contribution in [0, 0.1) is 20.8 Å². The summed E-state index contributed by atoms with van der Waals surface area (Å²) in [5.41, 5.74) is 3.60. The molecule has 5 heteroatoms. The first-order valence-corrected chi connectivity index (χ1v) is 5.10. The van der Waals surface area contributed by atoms with Gasteiger partial charge >= 0.3 is 0 Å². The lowest BCUT2D eigenvalue weighted by atomic mass is 10.1. The molecule has 0 aliphatic carbocycles. The van der Waals surface area contributed by atoms with E-state index in [-0.39, 0.29) is 0 Å². The fourth-order valence-electron chi connectivity index (χ4n) is 1.48. The molecular weight excluding hydrogens is 204 g/mol. The summed E-state index contributed by atoms with van der Waals surface area (Å²) in [7, 11) is 0. The van der Waals surface area contributed by atoms with Crippen LogP contribution in [0.5, 0.6) is 5.75 Å². The van der Waals surface area contributed by atoms with E-state index in [0.29, 0.717) is 12.4 Å². The van der Waals surface area contributed by atoms with Crippen molar-refractivity contribution in [1.29, 1.82) is 0 Å². The molecule has 84 valence electrons. The number of aromatic amines is 1. The standard InChI is InChI=1S/C11H14N4O/c1-7-4-9(3)10(5-8(7)2)16-6-11-12-14-15-13-11/h4-5H,6H2,1-3H3,(H,12,13,14,15). The van der Waals surface area contributed by atoms with Crippen LogP contribution in [0.1, 0.15) is 22.5 Å². The highest BCUT2D eigenvalue weighted by molar-refractivity contribution is 5.40. The van der Waals surface area contributed by atoms with Crippen molar-refractivity contribution in [1.82, 2.24) is 20.6 Å². The van der Waals surface area contributed by atoms with Crippen molar-refractivity contribution in [3.8, 4) is 5.75 Å². The van der Waals surface area contributed by atoms with Gasteiger partial charge < -0.3 is 4.74 Å². The van der Waals surface area contributed by atoms with Gasteiger partial charge in [-0.1, -0.05) is 11.3 Å². The van der Waals surface area contributed by atoms with Gasteiger partial charge in [0.15, 0.2) is 6.61 Å². The molecule has 0 saturated carbocycles. The Morgan fingerprint density at radius 2 is 1.88 bits per heavy atom. The Morgan fingerprint density at radius 1 is 1.12 bits per heavy atom. The van der Waals surface area contributed by atoms with Crippen LogP contribution in [0.2, 0.25) is 0 Å². The van der Waals surface area contributed by atoms with E-state index in [1.165, 1.54) is 11.1 Å². The number of aromatic nitrogens is 4. The summed E-state index contributed by atoms with van der Waals surface area (Å²) >= 11 is 0. The predicted octanol–water partition coefficient (Wildman–Crippen LogP) is 1.70. The molecule has 0 amide bonds. The number of aryl methyl sites for hydroxylation is 3. The molecule has 0 unspecified atom stereocenters. The fourth-order valence-corrected chi connectivity index (χ4v) is 1.48. The van der Waals surface area contributed by atoms with Crippen molar-refractivity contribution < 1.29 is 4.74 Å². The van der Waals surface area contributed by atoms with Crippen molar-refractivity contribution in [2.45, 2.75) is 27.4 Å². The second-order valence-corrected chi connectivity index (χ2v) is 3.82. The van der Waals surface area contributed by atoms with Crippen molar-refractivity contribution in [2.24, 2.45) is 0 Å². The molecule has 0 aliphatic heterocycles. The first-order chi connectivity index (χ1) is 7.66. The highest BCUT2D eigenvalue weighted by Crippen LogP contribution is 2.22. The van der Waals surface area contributed by atoms with Gasteiger partial charge in [0.25, 0.3) is 0 Å². The summed E-state index contributed by atoms with van der Waals surface area (Å²) < 4.78 is 5.63. The van der Waals surface area contributed by atoms with Gasteiger partial charge in [-0.2, -0.15) is 5.21 Å². The van der Waals surface area contributed by atoms with E-state index in [2.05, 4.69) is 40.5 Å². The van der Waals surface area contributed by atoms with Gasteiger partial charge in [-0.3, -0.25) is 0 Å². The first-order valence-electron chi connectivity index (χ1n) is 5.10. The minimum Gasteiger partial charge on any atom is -0.485 e. The normalized spacial score (nSPS) is 10.4. The summed E-state index contributed by atoms with van der Waals surface area (Å²) in [4.78, 5) is 0. The monoisotopic (exact) mass is 218 g/mol. The fraction of sp³-hybridized carbons (Fsp3) is 0.364. The Labute approximate surface area is 93.8 Å². The Hall–Kier alpha value is -1.91. The van der Waals surface area contributed by atoms with Crippen LogP contribution in [-0.2, 0) is 6.61 Å². The Balaban J connectivity index is 2.12. The van der Waals surface area contributed by atoms with Gasteiger partial charge in [0, 0.05) is 0 Å². The topological polar surface area (TPSA) is 63.7 Å². The van der Waals surface area contributed by atoms with Crippen molar-refractivity contribution in [3.63, 3.8) is 0 Å². The SMILES string of the molecule is Cc1cc(C)c(OCc2nn[nH]n2)cc1C. The van der Waals surface area contributed by atoms with Crippen LogP contribution >= 0.6 is 0 Å². The number of ether oxygens (including phenoxy) is 1. The largest absolute Gasteiger partial charge is 0.485 e. The Morgan fingerprint density at radius 3 is 2.56 bits per heavy atom. The zero-order valence-corrected chi connectivity index (χ0v) is 9.61. The molecule has 0 radical (unpaired) electrons. The van der Waals surface area contributed by atoms with E-state index in [1.54, 1.807) is 0 Å². The molecule has 5 nitrogen and oxygen atoms in total. The van der Waals surface area contributed by atoms with E-state index < -0.39 is 0 Å². The average Bonchev–Trinajstić information content (AvgIpc) is 2.74. The van der Waals surface area contributed by atoms with Crippen molar-refractivity contribution in [3.05, 3.63) is 34.6 Å². The third-order valence-electron chi connectivity index (χ3n) is 2.54. The van der Waals surface area contributed by atoms with E-state index in [9.17, 15) is 0 Å². The van der Waals surface area contributed by atoms with Crippen LogP contribution < -0.4 is 4.74 Å². The van der Waals surface area contributed by atoms with Crippen molar-refractivity contribution in [2.75, 3.05) is 0 Å². The van der Waals surface area contributed by atoms with Crippen LogP contribution in [-0.4, -0.2) is 20.6 Å². The van der Waals surface area contributed by atoms with E-state index in [1.807, 2.05) is 13.0 Å². The van der Waals surface area contributed by atoms with E-state index in [0.717, 1.165) is 11.3 Å². The number of benzene rings is 1. The van der Waals surface area contributed by atoms with Gasteiger partial charge in [-0.05, 0) is 43.5 Å². The molecule has 16 heavy (non-hydrogen) atoms. The highest BCUT2D eigenvalue weighted by atomic mass is 16.5. The van der Waals surface area contributed by atoms with Gasteiger partial charge in [0.05, 0.1) is 0 Å². The molecule has 0 spiro atoms. The van der Waals surface area contributed by atoms with Crippen molar-refractivity contribution >= 4 is 0 Å². The van der Waals surface area contributed by atoms with Gasteiger partial charge in [0.1, 0.15) is 5.75 Å². The summed E-state index contributed by atoms with van der Waals surface area (Å²) in [6.45, 7) is 6.51. The maximum absolute atomic E-state index is 5.63. The molecule has 0 saturated heterocycles. The molecule has 0 atom stereocenters. The van der Waals surface area contributed by atoms with Crippen LogP contribution in [0.25, 0.3) is 0 Å². The minimum atomic E-state index is 0.333. The number of nitrogens with one attached hydrogen (secondary N) is 1. The maximum atomic E-state index is 5.63. The Bertz CT molecular complexity index is 479. The lowest BCUT2D eigenvalue weighted by Gasteiger charge is -2.10. The molecule has 1 aromatic carbocycles. The number of hydrogen-bond donors (Lipinski definition) is 1. The summed E-state index contributed by atoms with van der Waals surface area (Å²) in [6.07, 6.45) is 0. The smallest absolute Gasteiger partial charge is 0.211 e. The van der Waals surface area contributed by atoms with Gasteiger partial charge in [-0.15, -0.1) is 10.2 Å². The van der Waals surface area contributed by atoms with Gasteiger partial charge in [-0.25, -0.2) is 0 Å². The second kappa shape index (κ2) is 4.30. The Kier molecular flexibility index (Phi) is 2.85. The summed E-state index contributed by atoms with van der Waals surface area (Å²) in [5, 5.41) is 13.5. The summed E-state index contributed by atoms with van der Waals surface area (Å²) in [6, 6.07) is 4.14. The van der Waals surface area contributed by atoms with Gasteiger partial charge in [0.2, 0.25) is 5.82 Å². The van der Waals surface area contributed by atoms with E-state index >= 15 is 0 Å². The molecule has 2 aromatic rings. The number of rotatable bonds is 3. The zero-order valence-electron chi connectivity index (χ0n) is 9.61. The predicted molar refractivity (Wildman–Crippen MR) is 59.2 cm³/mol. The maximum Gasteiger partial charge on any atom is 0.211 e. The van der Waals surface area contributed by atoms with Crippen LogP contribution in [0.4, 0.5) is 0 Å². The van der Waals surface area contributed by atoms with Crippen LogP contribution in [0.3, 0.4) is 0 Å². The first kappa shape index (κ1) is 10.6. The second-order valence-electron chi connectivity index (χ2n) is 3.82. The molecule has 1 heterocycles. The quantitative estimate of drug-likeness (QED) is 0.851. The molecule has 0 aliphatic rings. The zero-order chi connectivity index (χ0) is 11.5. The molecule has 0 fully saturated rings. The van der Waals surface area contributed by atoms with Crippen LogP contribution in [0.15, 0.2) is 12.1 Å². The third-order valence-corrected chi connectivity index (χ3v) is 2.54. The molecule has 0 bridgehead atoms. The molecule has 1 N–H and O–H groups in total. The summed E-state index contributed by atoms with van der Waals surface area (Å²) in [5.74, 6) is 1.42. The molecule has 2 rings (SSSR count). The molecular formula is C11H14N4O. The molecule has 1 aromatic heterocycles. The number of nitrogens with zero attached hydrogens (tertiary/aromatic N) is 3.